The van der Waals surface area contributed by atoms with Crippen molar-refractivity contribution in [3.8, 4) is 0 Å². The van der Waals surface area contributed by atoms with Crippen molar-refractivity contribution in [1.82, 2.24) is 14.6 Å². The fraction of sp³-hybridized carbons (Fsp3) is 0.571. The van der Waals surface area contributed by atoms with Gasteiger partial charge in [-0.1, -0.05) is 6.92 Å². The van der Waals surface area contributed by atoms with E-state index >= 15 is 0 Å². The fourth-order valence-corrected chi connectivity index (χ4v) is 3.81. The highest BCUT2D eigenvalue weighted by Gasteiger charge is 2.24. The van der Waals surface area contributed by atoms with Gasteiger partial charge in [-0.05, 0) is 20.3 Å². The number of hydrogen-bond donors (Lipinski definition) is 0. The maximum Gasteiger partial charge on any atom is 0.160 e. The molecule has 1 fully saturated rings. The molecule has 0 spiro atoms. The molecule has 1 saturated heterocycles. The van der Waals surface area contributed by atoms with Crippen LogP contribution in [0.5, 0.6) is 0 Å². The number of aromatic nitrogens is 3. The van der Waals surface area contributed by atoms with Gasteiger partial charge in [0.1, 0.15) is 5.82 Å². The fourth-order valence-electron chi connectivity index (χ4n) is 2.61. The summed E-state index contributed by atoms with van der Waals surface area (Å²) in [6.45, 7) is 7.10. The van der Waals surface area contributed by atoms with Gasteiger partial charge >= 0.3 is 0 Å². The highest BCUT2D eigenvalue weighted by molar-refractivity contribution is 7.91. The molecule has 2 aromatic heterocycles. The van der Waals surface area contributed by atoms with E-state index in [4.69, 9.17) is 0 Å². The summed E-state index contributed by atoms with van der Waals surface area (Å²) in [7, 11) is -2.88. The number of hydrogen-bond acceptors (Lipinski definition) is 5. The number of anilines is 1. The van der Waals surface area contributed by atoms with Crippen LogP contribution in [0.1, 0.15) is 23.9 Å². The Bertz CT molecular complexity index is 781. The van der Waals surface area contributed by atoms with E-state index in [0.29, 0.717) is 13.1 Å². The zero-order valence-corrected chi connectivity index (χ0v) is 13.4. The van der Waals surface area contributed by atoms with Crippen molar-refractivity contribution in [1.29, 1.82) is 0 Å². The Labute approximate surface area is 124 Å². The van der Waals surface area contributed by atoms with E-state index in [1.807, 2.05) is 24.4 Å². The molecule has 6 nitrogen and oxygen atoms in total. The van der Waals surface area contributed by atoms with Crippen LogP contribution in [-0.4, -0.2) is 47.6 Å². The molecule has 0 atom stereocenters. The molecule has 1 aliphatic rings. The molecule has 2 aromatic rings. The molecule has 0 aliphatic carbocycles. The summed E-state index contributed by atoms with van der Waals surface area (Å²) in [6, 6.07) is 2.02. The van der Waals surface area contributed by atoms with Gasteiger partial charge in [-0.15, -0.1) is 0 Å². The Balaban J connectivity index is 2.11. The number of sulfone groups is 1. The lowest BCUT2D eigenvalue weighted by Gasteiger charge is -2.29. The van der Waals surface area contributed by atoms with Crippen LogP contribution >= 0.6 is 0 Å². The van der Waals surface area contributed by atoms with Gasteiger partial charge in [0.15, 0.2) is 15.5 Å². The first-order valence-electron chi connectivity index (χ1n) is 7.22. The predicted molar refractivity (Wildman–Crippen MR) is 82.7 cm³/mol. The Morgan fingerprint density at radius 2 is 1.90 bits per heavy atom. The van der Waals surface area contributed by atoms with Crippen molar-refractivity contribution in [2.75, 3.05) is 29.5 Å². The normalized spacial score (nSPS) is 18.3. The minimum absolute atomic E-state index is 0.206. The smallest absolute Gasteiger partial charge is 0.160 e. The Kier molecular flexibility index (Phi) is 3.39. The highest BCUT2D eigenvalue weighted by atomic mass is 32.2. The van der Waals surface area contributed by atoms with Crippen molar-refractivity contribution >= 4 is 21.3 Å². The maximum atomic E-state index is 11.6. The molecule has 3 heterocycles. The zero-order valence-electron chi connectivity index (χ0n) is 12.6. The molecular formula is C14H20N4O2S. The van der Waals surface area contributed by atoms with Crippen LogP contribution in [0.15, 0.2) is 6.07 Å². The molecule has 0 unspecified atom stereocenters. The number of fused-ring (bicyclic) bond motifs is 1. The molecule has 114 valence electrons. The van der Waals surface area contributed by atoms with E-state index in [-0.39, 0.29) is 11.5 Å². The zero-order chi connectivity index (χ0) is 15.2. The molecule has 0 saturated carbocycles. The monoisotopic (exact) mass is 308 g/mol. The average Bonchev–Trinajstić information content (AvgIpc) is 2.74. The summed E-state index contributed by atoms with van der Waals surface area (Å²) >= 11 is 0. The first-order valence-corrected chi connectivity index (χ1v) is 9.04. The van der Waals surface area contributed by atoms with Crippen LogP contribution in [0.25, 0.3) is 5.65 Å². The summed E-state index contributed by atoms with van der Waals surface area (Å²) < 4.78 is 25.1. The topological polar surface area (TPSA) is 67.6 Å². The molecular weight excluding hydrogens is 288 g/mol. The van der Waals surface area contributed by atoms with Gasteiger partial charge in [-0.3, -0.25) is 0 Å². The van der Waals surface area contributed by atoms with Crippen molar-refractivity contribution < 1.29 is 8.42 Å². The van der Waals surface area contributed by atoms with Gasteiger partial charge in [0.2, 0.25) is 0 Å². The van der Waals surface area contributed by atoms with Crippen LogP contribution in [-0.2, 0) is 16.3 Å². The van der Waals surface area contributed by atoms with Crippen LogP contribution in [0.3, 0.4) is 0 Å². The standard InChI is InChI=1S/C14H20N4O2S/c1-4-12-9-13(17-5-7-21(19,20)8-6-17)18-14(15-12)10(2)11(3)16-18/h9H,4-8H2,1-3H3. The van der Waals surface area contributed by atoms with Crippen LogP contribution < -0.4 is 4.90 Å². The molecule has 0 N–H and O–H groups in total. The molecule has 1 aliphatic heterocycles. The summed E-state index contributed by atoms with van der Waals surface area (Å²) in [5, 5.41) is 4.56. The lowest BCUT2D eigenvalue weighted by Crippen LogP contribution is -2.41. The first-order chi connectivity index (χ1) is 9.91. The SMILES string of the molecule is CCc1cc(N2CCS(=O)(=O)CC2)n2nc(C)c(C)c2n1. The van der Waals surface area contributed by atoms with Gasteiger partial charge in [-0.2, -0.15) is 9.61 Å². The van der Waals surface area contributed by atoms with Gasteiger partial charge in [-0.25, -0.2) is 13.4 Å². The van der Waals surface area contributed by atoms with Gasteiger partial charge < -0.3 is 4.90 Å². The first kappa shape index (κ1) is 14.3. The largest absolute Gasteiger partial charge is 0.354 e. The highest BCUT2D eigenvalue weighted by Crippen LogP contribution is 2.23. The molecule has 0 radical (unpaired) electrons. The van der Waals surface area contributed by atoms with E-state index in [0.717, 1.165) is 34.8 Å². The third-order valence-electron chi connectivity index (χ3n) is 4.12. The average molecular weight is 308 g/mol. The van der Waals surface area contributed by atoms with Crippen molar-refractivity contribution in [2.45, 2.75) is 27.2 Å². The van der Waals surface area contributed by atoms with Crippen molar-refractivity contribution in [2.24, 2.45) is 0 Å². The molecule has 0 amide bonds. The number of aryl methyl sites for hydroxylation is 3. The third kappa shape index (κ3) is 2.50. The van der Waals surface area contributed by atoms with Crippen LogP contribution in [0.2, 0.25) is 0 Å². The lowest BCUT2D eigenvalue weighted by molar-refractivity contribution is 0.585. The van der Waals surface area contributed by atoms with Crippen molar-refractivity contribution in [3.63, 3.8) is 0 Å². The van der Waals surface area contributed by atoms with Crippen molar-refractivity contribution in [3.05, 3.63) is 23.0 Å². The maximum absolute atomic E-state index is 11.6. The Morgan fingerprint density at radius 3 is 2.52 bits per heavy atom. The minimum Gasteiger partial charge on any atom is -0.354 e. The van der Waals surface area contributed by atoms with E-state index in [1.165, 1.54) is 0 Å². The van der Waals surface area contributed by atoms with E-state index in [9.17, 15) is 8.42 Å². The molecule has 0 bridgehead atoms. The quantitative estimate of drug-likeness (QED) is 0.832. The predicted octanol–water partition coefficient (Wildman–Crippen LogP) is 1.14. The molecule has 7 heteroatoms. The molecule has 3 rings (SSSR count). The summed E-state index contributed by atoms with van der Waals surface area (Å²) in [4.78, 5) is 6.75. The third-order valence-corrected chi connectivity index (χ3v) is 5.73. The molecule has 21 heavy (non-hydrogen) atoms. The van der Waals surface area contributed by atoms with Crippen LogP contribution in [0.4, 0.5) is 5.82 Å². The second-order valence-electron chi connectivity index (χ2n) is 5.54. The van der Waals surface area contributed by atoms with Gasteiger partial charge in [0, 0.05) is 30.4 Å². The number of nitrogens with zero attached hydrogens (tertiary/aromatic N) is 4. The second-order valence-corrected chi connectivity index (χ2v) is 7.85. The minimum atomic E-state index is -2.88. The van der Waals surface area contributed by atoms with E-state index in [2.05, 4.69) is 21.9 Å². The van der Waals surface area contributed by atoms with E-state index in [1.54, 1.807) is 0 Å². The summed E-state index contributed by atoms with van der Waals surface area (Å²) in [5.41, 5.74) is 3.92. The lowest BCUT2D eigenvalue weighted by atomic mass is 10.2. The Hall–Kier alpha value is -1.63. The number of rotatable bonds is 2. The van der Waals surface area contributed by atoms with E-state index < -0.39 is 9.84 Å². The van der Waals surface area contributed by atoms with Gasteiger partial charge in [0.25, 0.3) is 0 Å². The van der Waals surface area contributed by atoms with Crippen LogP contribution in [0, 0.1) is 13.8 Å². The summed E-state index contributed by atoms with van der Waals surface area (Å²) in [5.74, 6) is 1.36. The summed E-state index contributed by atoms with van der Waals surface area (Å²) in [6.07, 6.45) is 0.847. The second kappa shape index (κ2) is 4.98. The Morgan fingerprint density at radius 1 is 1.24 bits per heavy atom. The van der Waals surface area contributed by atoms with Gasteiger partial charge in [0.05, 0.1) is 17.2 Å². The molecule has 0 aromatic carbocycles.